The lowest BCUT2D eigenvalue weighted by molar-refractivity contribution is -0.0781. The average molecular weight is 765 g/mol. The number of benzene rings is 3. The maximum absolute atomic E-state index is 14.5. The molecule has 0 radical (unpaired) electrons. The van der Waals surface area contributed by atoms with Crippen LogP contribution in [0, 0.1) is 12.3 Å². The fourth-order valence-corrected chi connectivity index (χ4v) is 9.51. The van der Waals surface area contributed by atoms with Crippen molar-refractivity contribution in [1.29, 1.82) is 0 Å². The largest absolute Gasteiger partial charge is 0.497 e. The average Bonchev–Trinajstić information content (AvgIpc) is 3.73. The Kier molecular flexibility index (Phi) is 12.5. The highest BCUT2D eigenvalue weighted by atomic mass is 32.1. The molecule has 5 unspecified atom stereocenters. The molecular weight excluding hydrogens is 709 g/mol. The number of carbonyl (C=O) groups excluding carboxylic acids is 2. The molecule has 5 atom stereocenters. The second-order valence-electron chi connectivity index (χ2n) is 15.8. The molecule has 0 saturated heterocycles. The summed E-state index contributed by atoms with van der Waals surface area (Å²) in [6, 6.07) is 24.8. The second kappa shape index (κ2) is 17.1. The van der Waals surface area contributed by atoms with Crippen LogP contribution in [0.4, 0.5) is 4.79 Å². The number of ketones is 1. The quantitative estimate of drug-likeness (QED) is 0.110. The summed E-state index contributed by atoms with van der Waals surface area (Å²) < 4.78 is 11.2. The summed E-state index contributed by atoms with van der Waals surface area (Å²) in [6.07, 6.45) is 6.01. The van der Waals surface area contributed by atoms with Gasteiger partial charge in [0.2, 0.25) is 5.78 Å². The number of hydrogen-bond donors (Lipinski definition) is 3. The summed E-state index contributed by atoms with van der Waals surface area (Å²) in [6.45, 7) is 8.49. The Bertz CT molecular complexity index is 2010. The molecule has 3 N–H and O–H groups in total. The van der Waals surface area contributed by atoms with Crippen LogP contribution >= 0.6 is 11.3 Å². The molecule has 292 valence electrons. The van der Waals surface area contributed by atoms with Gasteiger partial charge in [0.05, 0.1) is 49.9 Å². The maximum atomic E-state index is 14.5. The highest BCUT2D eigenvalue weighted by molar-refractivity contribution is 7.14. The molecule has 1 saturated carbocycles. The van der Waals surface area contributed by atoms with Gasteiger partial charge in [-0.3, -0.25) is 4.79 Å². The number of amides is 2. The van der Waals surface area contributed by atoms with Crippen molar-refractivity contribution in [2.24, 2.45) is 5.41 Å². The predicted molar refractivity (Wildman–Crippen MR) is 219 cm³/mol. The van der Waals surface area contributed by atoms with E-state index in [1.165, 1.54) is 16.9 Å². The number of nitrogens with one attached hydrogen (secondary N) is 1. The summed E-state index contributed by atoms with van der Waals surface area (Å²) in [4.78, 5) is 32.3. The Balaban J connectivity index is 1.42. The standard InChI is InChI=1S/C46H56N2O6S/c1-30-11-10-23-45(4)40(38-20-16-33(25-36(49)18-14-30)26-39(38)43(50)42-21-15-31(2)55-42)22-24-46(45,52)29-48(28-35-17-19-37(53-5)27-41(35)54-6)44(51)47-32(3)34-12-8-7-9-13-34/h7-9,11-13,15-17,19-21,26-27,32,36,40,49,52H,10,14,18,22-25,28-29H2,1-6H3,(H,47,51). The van der Waals surface area contributed by atoms with Crippen LogP contribution in [0.1, 0.15) is 114 Å². The minimum absolute atomic E-state index is 0.0347. The van der Waals surface area contributed by atoms with Crippen molar-refractivity contribution in [3.05, 3.63) is 128 Å². The zero-order valence-corrected chi connectivity index (χ0v) is 33.9. The lowest BCUT2D eigenvalue weighted by Crippen LogP contribution is -2.55. The minimum atomic E-state index is -1.31. The fraction of sp³-hybridized carbons (Fsp3) is 0.435. The molecule has 7 rings (SSSR count). The summed E-state index contributed by atoms with van der Waals surface area (Å²) in [5, 5.41) is 27.4. The van der Waals surface area contributed by atoms with E-state index >= 15 is 0 Å². The molecule has 2 bridgehead atoms. The number of allylic oxidation sites excluding steroid dienone is 2. The summed E-state index contributed by atoms with van der Waals surface area (Å²) in [5.74, 6) is 1.03. The van der Waals surface area contributed by atoms with Crippen LogP contribution < -0.4 is 14.8 Å². The van der Waals surface area contributed by atoms with Gasteiger partial charge in [-0.15, -0.1) is 11.3 Å². The first-order valence-electron chi connectivity index (χ1n) is 19.5. The molecule has 2 amide bonds. The molecule has 3 aliphatic rings. The Labute approximate surface area is 330 Å². The molecule has 8 nitrogen and oxygen atoms in total. The van der Waals surface area contributed by atoms with Crippen LogP contribution in [0.5, 0.6) is 11.5 Å². The first-order valence-corrected chi connectivity index (χ1v) is 20.3. The third-order valence-corrected chi connectivity index (χ3v) is 13.1. The molecule has 0 spiro atoms. The number of aliphatic hydroxyl groups excluding tert-OH is 1. The number of ether oxygens (including phenoxy) is 2. The number of thiophene rings is 1. The first-order chi connectivity index (χ1) is 26.3. The zero-order chi connectivity index (χ0) is 39.3. The van der Waals surface area contributed by atoms with E-state index in [0.717, 1.165) is 33.6 Å². The molecule has 1 fully saturated rings. The van der Waals surface area contributed by atoms with Gasteiger partial charge in [0.1, 0.15) is 11.5 Å². The third kappa shape index (κ3) is 8.85. The molecule has 4 aromatic rings. The van der Waals surface area contributed by atoms with Gasteiger partial charge in [0.25, 0.3) is 0 Å². The van der Waals surface area contributed by atoms with Gasteiger partial charge in [-0.1, -0.05) is 61.0 Å². The number of aryl methyl sites for hydroxylation is 1. The zero-order valence-electron chi connectivity index (χ0n) is 33.1. The lowest BCUT2D eigenvalue weighted by Gasteiger charge is -2.46. The molecule has 1 aromatic heterocycles. The van der Waals surface area contributed by atoms with E-state index in [0.29, 0.717) is 60.5 Å². The Morgan fingerprint density at radius 2 is 1.76 bits per heavy atom. The van der Waals surface area contributed by atoms with Crippen molar-refractivity contribution in [3.63, 3.8) is 0 Å². The Hall–Kier alpha value is -4.44. The van der Waals surface area contributed by atoms with Crippen LogP contribution in [0.15, 0.2) is 90.5 Å². The van der Waals surface area contributed by atoms with E-state index in [1.54, 1.807) is 19.1 Å². The SMILES string of the molecule is COc1ccc(CN(CC2(O)CCC3c4ccc(cc4C(=O)c4ccc(C)s4)CC(O)CCC(C)=CCCC32C)C(=O)NC(C)c2ccccc2)c(OC)c1. The summed E-state index contributed by atoms with van der Waals surface area (Å²) in [7, 11) is 3.20. The number of hydrogen-bond acceptors (Lipinski definition) is 7. The highest BCUT2D eigenvalue weighted by Crippen LogP contribution is 2.59. The maximum Gasteiger partial charge on any atom is 0.318 e. The van der Waals surface area contributed by atoms with E-state index in [2.05, 4.69) is 31.3 Å². The van der Waals surface area contributed by atoms with Crippen molar-refractivity contribution in [3.8, 4) is 11.5 Å². The molecule has 1 heterocycles. The Morgan fingerprint density at radius 3 is 2.47 bits per heavy atom. The molecular formula is C46H56N2O6S. The number of methoxy groups -OCH3 is 2. The number of rotatable bonds is 10. The van der Waals surface area contributed by atoms with Gasteiger partial charge in [0.15, 0.2) is 0 Å². The number of fused-ring (bicyclic) bond motifs is 8. The molecule has 55 heavy (non-hydrogen) atoms. The first kappa shape index (κ1) is 40.2. The molecule has 3 aliphatic carbocycles. The van der Waals surface area contributed by atoms with E-state index in [1.807, 2.05) is 86.6 Å². The fourth-order valence-electron chi connectivity index (χ4n) is 8.69. The van der Waals surface area contributed by atoms with Crippen LogP contribution in [-0.4, -0.2) is 59.4 Å². The van der Waals surface area contributed by atoms with Gasteiger partial charge >= 0.3 is 6.03 Å². The molecule has 3 aromatic carbocycles. The van der Waals surface area contributed by atoms with Crippen molar-refractivity contribution >= 4 is 23.2 Å². The number of nitrogens with zero attached hydrogens (tertiary/aromatic N) is 1. The highest BCUT2D eigenvalue weighted by Gasteiger charge is 2.57. The monoisotopic (exact) mass is 764 g/mol. The van der Waals surface area contributed by atoms with Crippen LogP contribution in [0.2, 0.25) is 0 Å². The van der Waals surface area contributed by atoms with E-state index in [4.69, 9.17) is 9.47 Å². The third-order valence-electron chi connectivity index (χ3n) is 12.1. The normalized spacial score (nSPS) is 23.2. The van der Waals surface area contributed by atoms with E-state index in [9.17, 15) is 19.8 Å². The van der Waals surface area contributed by atoms with Crippen LogP contribution in [-0.2, 0) is 13.0 Å². The smallest absolute Gasteiger partial charge is 0.318 e. The van der Waals surface area contributed by atoms with Crippen molar-refractivity contribution in [2.75, 3.05) is 20.8 Å². The lowest BCUT2D eigenvalue weighted by atomic mass is 9.64. The van der Waals surface area contributed by atoms with Gasteiger partial charge < -0.3 is 29.9 Å². The van der Waals surface area contributed by atoms with Crippen LogP contribution in [0.25, 0.3) is 0 Å². The van der Waals surface area contributed by atoms with E-state index < -0.39 is 17.1 Å². The number of aliphatic hydroxyl groups is 2. The summed E-state index contributed by atoms with van der Waals surface area (Å²) >= 11 is 1.48. The van der Waals surface area contributed by atoms with Crippen LogP contribution in [0.3, 0.4) is 0 Å². The summed E-state index contributed by atoms with van der Waals surface area (Å²) in [5.41, 5.74) is 3.41. The number of carbonyl (C=O) groups is 2. The predicted octanol–water partition coefficient (Wildman–Crippen LogP) is 9.32. The number of urea groups is 1. The van der Waals surface area contributed by atoms with Gasteiger partial charge in [-0.05, 0) is 119 Å². The minimum Gasteiger partial charge on any atom is -0.497 e. The molecule has 9 heteroatoms. The van der Waals surface area contributed by atoms with E-state index in [-0.39, 0.29) is 36.9 Å². The Morgan fingerprint density at radius 1 is 0.982 bits per heavy atom. The van der Waals surface area contributed by atoms with Crippen molar-refractivity contribution in [2.45, 2.75) is 103 Å². The van der Waals surface area contributed by atoms with Gasteiger partial charge in [-0.2, -0.15) is 0 Å². The van der Waals surface area contributed by atoms with Crippen molar-refractivity contribution < 1.29 is 29.3 Å². The van der Waals surface area contributed by atoms with Crippen molar-refractivity contribution in [1.82, 2.24) is 10.2 Å². The molecule has 0 aliphatic heterocycles. The van der Waals surface area contributed by atoms with Gasteiger partial charge in [-0.25, -0.2) is 4.79 Å². The second-order valence-corrected chi connectivity index (χ2v) is 17.1. The van der Waals surface area contributed by atoms with Gasteiger partial charge in [0, 0.05) is 27.5 Å². The topological polar surface area (TPSA) is 108 Å².